The van der Waals surface area contributed by atoms with Gasteiger partial charge in [-0.3, -0.25) is 4.98 Å². The van der Waals surface area contributed by atoms with Crippen LogP contribution >= 0.6 is 0 Å². The molecule has 0 bridgehead atoms. The molecule has 1 saturated carbocycles. The van der Waals surface area contributed by atoms with E-state index < -0.39 is 0 Å². The average Bonchev–Trinajstić information content (AvgIpc) is 2.90. The van der Waals surface area contributed by atoms with Crippen LogP contribution in [-0.4, -0.2) is 24.2 Å². The minimum absolute atomic E-state index is 0.0161. The first-order valence-electron chi connectivity index (χ1n) is 7.66. The summed E-state index contributed by atoms with van der Waals surface area (Å²) in [7, 11) is 1.90. The summed E-state index contributed by atoms with van der Waals surface area (Å²) >= 11 is 0. The zero-order valence-corrected chi connectivity index (χ0v) is 12.1. The van der Waals surface area contributed by atoms with Gasteiger partial charge in [-0.05, 0) is 50.8 Å². The highest BCUT2D eigenvalue weighted by atomic mass is 19.1. The molecule has 0 aromatic carbocycles. The Morgan fingerprint density at radius 1 is 1.45 bits per heavy atom. The minimum Gasteiger partial charge on any atom is -0.375 e. The van der Waals surface area contributed by atoms with Crippen LogP contribution in [0.15, 0.2) is 18.3 Å². The van der Waals surface area contributed by atoms with Crippen LogP contribution in [0.1, 0.15) is 50.3 Å². The van der Waals surface area contributed by atoms with Crippen LogP contribution in [0.3, 0.4) is 0 Å². The van der Waals surface area contributed by atoms with Gasteiger partial charge in [0, 0.05) is 12.8 Å². The maximum atomic E-state index is 14.0. The van der Waals surface area contributed by atoms with Crippen LogP contribution < -0.4 is 5.32 Å². The van der Waals surface area contributed by atoms with Crippen LogP contribution in [0, 0.1) is 11.7 Å². The van der Waals surface area contributed by atoms with Crippen LogP contribution in [0.4, 0.5) is 4.39 Å². The van der Waals surface area contributed by atoms with Gasteiger partial charge in [-0.2, -0.15) is 0 Å². The summed E-state index contributed by atoms with van der Waals surface area (Å²) in [6.45, 7) is 0.789. The molecule has 110 valence electrons. The molecule has 3 rings (SSSR count). The number of halogens is 1. The van der Waals surface area contributed by atoms with Crippen LogP contribution in [0.2, 0.25) is 0 Å². The topological polar surface area (TPSA) is 34.2 Å². The number of rotatable bonds is 3. The van der Waals surface area contributed by atoms with Crippen molar-refractivity contribution in [3.63, 3.8) is 0 Å². The molecule has 1 saturated heterocycles. The lowest BCUT2D eigenvalue weighted by molar-refractivity contribution is -0.0982. The smallest absolute Gasteiger partial charge is 0.146 e. The van der Waals surface area contributed by atoms with Crippen molar-refractivity contribution in [2.45, 2.75) is 50.2 Å². The van der Waals surface area contributed by atoms with E-state index >= 15 is 0 Å². The molecule has 1 aliphatic carbocycles. The number of nitrogens with zero attached hydrogens (tertiary/aromatic N) is 1. The summed E-state index contributed by atoms with van der Waals surface area (Å²) < 4.78 is 20.1. The van der Waals surface area contributed by atoms with E-state index in [1.54, 1.807) is 12.3 Å². The summed E-state index contributed by atoms with van der Waals surface area (Å²) in [4.78, 5) is 4.26. The van der Waals surface area contributed by atoms with Crippen molar-refractivity contribution in [1.82, 2.24) is 10.3 Å². The largest absolute Gasteiger partial charge is 0.375 e. The van der Waals surface area contributed by atoms with Crippen molar-refractivity contribution in [3.8, 4) is 0 Å². The molecular formula is C16H23FN2O. The van der Waals surface area contributed by atoms with Gasteiger partial charge in [0.2, 0.25) is 0 Å². The van der Waals surface area contributed by atoms with Gasteiger partial charge in [0.05, 0.1) is 17.3 Å². The molecule has 2 atom stereocenters. The highest BCUT2D eigenvalue weighted by Crippen LogP contribution is 2.45. The molecule has 2 heterocycles. The SMILES string of the molecule is CNC(c1ncccc1F)C1CCOC2(CCCC2)C1. The molecule has 3 nitrogen and oxygen atoms in total. The third-order valence-electron chi connectivity index (χ3n) is 4.91. The van der Waals surface area contributed by atoms with Gasteiger partial charge in [0.1, 0.15) is 5.82 Å². The van der Waals surface area contributed by atoms with Crippen molar-refractivity contribution in [2.24, 2.45) is 5.92 Å². The Morgan fingerprint density at radius 2 is 2.25 bits per heavy atom. The first kappa shape index (κ1) is 14.0. The third kappa shape index (κ3) is 2.59. The van der Waals surface area contributed by atoms with Crippen LogP contribution in [0.5, 0.6) is 0 Å². The average molecular weight is 278 g/mol. The number of aromatic nitrogens is 1. The molecule has 1 aromatic heterocycles. The van der Waals surface area contributed by atoms with Crippen molar-refractivity contribution in [1.29, 1.82) is 0 Å². The predicted octanol–water partition coefficient (Wildman–Crippen LogP) is 3.22. The zero-order chi connectivity index (χ0) is 14.0. The van der Waals surface area contributed by atoms with E-state index in [1.807, 2.05) is 7.05 Å². The van der Waals surface area contributed by atoms with E-state index in [1.165, 1.54) is 18.9 Å². The number of pyridine rings is 1. The summed E-state index contributed by atoms with van der Waals surface area (Å²) in [6.07, 6.45) is 8.50. The van der Waals surface area contributed by atoms with Crippen molar-refractivity contribution in [3.05, 3.63) is 29.8 Å². The van der Waals surface area contributed by atoms with Crippen molar-refractivity contribution in [2.75, 3.05) is 13.7 Å². The van der Waals surface area contributed by atoms with E-state index in [9.17, 15) is 4.39 Å². The lowest BCUT2D eigenvalue weighted by Crippen LogP contribution is -2.41. The molecule has 1 spiro atoms. The van der Waals surface area contributed by atoms with Gasteiger partial charge in [0.15, 0.2) is 0 Å². The number of hydrogen-bond donors (Lipinski definition) is 1. The second-order valence-corrected chi connectivity index (χ2v) is 6.13. The molecule has 1 aliphatic heterocycles. The van der Waals surface area contributed by atoms with Gasteiger partial charge in [-0.15, -0.1) is 0 Å². The molecule has 1 aromatic rings. The van der Waals surface area contributed by atoms with Gasteiger partial charge in [-0.1, -0.05) is 12.8 Å². The van der Waals surface area contributed by atoms with E-state index in [2.05, 4.69) is 10.3 Å². The van der Waals surface area contributed by atoms with Crippen molar-refractivity contribution < 1.29 is 9.13 Å². The quantitative estimate of drug-likeness (QED) is 0.922. The molecule has 0 amide bonds. The lowest BCUT2D eigenvalue weighted by Gasteiger charge is -2.41. The second-order valence-electron chi connectivity index (χ2n) is 6.13. The van der Waals surface area contributed by atoms with Crippen LogP contribution in [-0.2, 0) is 4.74 Å². The number of hydrogen-bond acceptors (Lipinski definition) is 3. The molecule has 20 heavy (non-hydrogen) atoms. The molecule has 2 unspecified atom stereocenters. The van der Waals surface area contributed by atoms with Gasteiger partial charge < -0.3 is 10.1 Å². The number of ether oxygens (including phenoxy) is 1. The van der Waals surface area contributed by atoms with Gasteiger partial charge in [-0.25, -0.2) is 4.39 Å². The fraction of sp³-hybridized carbons (Fsp3) is 0.688. The number of nitrogens with one attached hydrogen (secondary N) is 1. The third-order valence-corrected chi connectivity index (χ3v) is 4.91. The maximum absolute atomic E-state index is 14.0. The normalized spacial score (nSPS) is 26.8. The second kappa shape index (κ2) is 5.78. The fourth-order valence-corrected chi connectivity index (χ4v) is 3.94. The van der Waals surface area contributed by atoms with Crippen LogP contribution in [0.25, 0.3) is 0 Å². The van der Waals surface area contributed by atoms with Crippen molar-refractivity contribution >= 4 is 0 Å². The van der Waals surface area contributed by atoms with Gasteiger partial charge in [0.25, 0.3) is 0 Å². The molecule has 1 N–H and O–H groups in total. The zero-order valence-electron chi connectivity index (χ0n) is 12.1. The maximum Gasteiger partial charge on any atom is 0.146 e. The van der Waals surface area contributed by atoms with E-state index in [-0.39, 0.29) is 17.5 Å². The van der Waals surface area contributed by atoms with Gasteiger partial charge >= 0.3 is 0 Å². The molecule has 0 radical (unpaired) electrons. The molecule has 2 fully saturated rings. The lowest BCUT2D eigenvalue weighted by atomic mass is 9.79. The Bertz CT molecular complexity index is 460. The highest BCUT2D eigenvalue weighted by Gasteiger charge is 2.42. The Hall–Kier alpha value is -1.00. The van der Waals surface area contributed by atoms with E-state index in [0.29, 0.717) is 11.6 Å². The Morgan fingerprint density at radius 3 is 2.95 bits per heavy atom. The van der Waals surface area contributed by atoms with E-state index in [0.717, 1.165) is 32.3 Å². The summed E-state index contributed by atoms with van der Waals surface area (Å²) in [5, 5.41) is 3.28. The summed E-state index contributed by atoms with van der Waals surface area (Å²) in [6, 6.07) is 3.13. The Balaban J connectivity index is 1.81. The standard InChI is InChI=1S/C16H23FN2O/c1-18-14(15-13(17)5-4-9-19-15)12-6-10-20-16(11-12)7-2-3-8-16/h4-5,9,12,14,18H,2-3,6-8,10-11H2,1H3. The van der Waals surface area contributed by atoms with E-state index in [4.69, 9.17) is 4.74 Å². The fourth-order valence-electron chi connectivity index (χ4n) is 3.94. The minimum atomic E-state index is -0.209. The Kier molecular flexibility index (Phi) is 4.03. The highest BCUT2D eigenvalue weighted by molar-refractivity contribution is 5.13. The molecule has 2 aliphatic rings. The first-order chi connectivity index (χ1) is 9.74. The Labute approximate surface area is 119 Å². The summed E-state index contributed by atoms with van der Waals surface area (Å²) in [5.74, 6) is 0.190. The monoisotopic (exact) mass is 278 g/mol. The first-order valence-corrected chi connectivity index (χ1v) is 7.66. The molecular weight excluding hydrogens is 255 g/mol. The summed E-state index contributed by atoms with van der Waals surface area (Å²) in [5.41, 5.74) is 0.610. The predicted molar refractivity (Wildman–Crippen MR) is 75.9 cm³/mol. The molecule has 4 heteroatoms.